The number of aliphatic hydroxyl groups is 1. The number of aliphatic hydroxyl groups excluding tert-OH is 1. The lowest BCUT2D eigenvalue weighted by molar-refractivity contribution is 0.238. The molecule has 1 atom stereocenters. The minimum Gasteiger partial charge on any atom is -0.396 e. The van der Waals surface area contributed by atoms with E-state index in [-0.39, 0.29) is 5.54 Å². The average Bonchev–Trinajstić information content (AvgIpc) is 2.85. The van der Waals surface area contributed by atoms with E-state index < -0.39 is 0 Å². The Kier molecular flexibility index (Phi) is 5.10. The Hall–Kier alpha value is -0.580. The Morgan fingerprint density at radius 3 is 2.70 bits per heavy atom. The summed E-state index contributed by atoms with van der Waals surface area (Å²) in [5.74, 6) is 0.427. The van der Waals surface area contributed by atoms with E-state index in [0.717, 1.165) is 30.5 Å². The molecule has 3 nitrogen and oxygen atoms in total. The number of halogens is 1. The van der Waals surface area contributed by atoms with Gasteiger partial charge in [0.2, 0.25) is 0 Å². The first-order chi connectivity index (χ1) is 9.39. The third kappa shape index (κ3) is 4.21. The fraction of sp³-hybridized carbons (Fsp3) is 0.625. The van der Waals surface area contributed by atoms with Crippen LogP contribution in [0.4, 0.5) is 5.69 Å². The van der Waals surface area contributed by atoms with Crippen molar-refractivity contribution in [3.05, 3.63) is 28.2 Å². The second-order valence-corrected chi connectivity index (χ2v) is 7.52. The molecular formula is C16H25BrN2O. The number of rotatable bonds is 4. The van der Waals surface area contributed by atoms with Gasteiger partial charge >= 0.3 is 0 Å². The predicted molar refractivity (Wildman–Crippen MR) is 88.1 cm³/mol. The quantitative estimate of drug-likeness (QED) is 0.883. The zero-order chi connectivity index (χ0) is 14.8. The Morgan fingerprint density at radius 2 is 2.15 bits per heavy atom. The van der Waals surface area contributed by atoms with E-state index in [0.29, 0.717) is 12.5 Å². The highest BCUT2D eigenvalue weighted by Gasteiger charge is 2.22. The molecule has 1 saturated heterocycles. The van der Waals surface area contributed by atoms with Crippen LogP contribution in [-0.4, -0.2) is 30.3 Å². The molecule has 1 fully saturated rings. The number of nitrogens with zero attached hydrogens (tertiary/aromatic N) is 1. The molecular weight excluding hydrogens is 316 g/mol. The summed E-state index contributed by atoms with van der Waals surface area (Å²) in [6, 6.07) is 6.56. The van der Waals surface area contributed by atoms with Crippen molar-refractivity contribution < 1.29 is 5.11 Å². The maximum Gasteiger partial charge on any atom is 0.0476 e. The van der Waals surface area contributed by atoms with E-state index in [1.807, 2.05) is 0 Å². The third-order valence-corrected chi connectivity index (χ3v) is 4.49. The molecule has 2 N–H and O–H groups in total. The molecule has 1 aromatic rings. The number of anilines is 1. The van der Waals surface area contributed by atoms with Gasteiger partial charge in [0.05, 0.1) is 0 Å². The Labute approximate surface area is 130 Å². The number of hydrogen-bond acceptors (Lipinski definition) is 3. The van der Waals surface area contributed by atoms with Crippen LogP contribution in [0.5, 0.6) is 0 Å². The minimum atomic E-state index is 0.126. The maximum atomic E-state index is 9.23. The zero-order valence-corrected chi connectivity index (χ0v) is 14.2. The normalized spacial score (nSPS) is 19.6. The highest BCUT2D eigenvalue weighted by molar-refractivity contribution is 9.10. The molecule has 1 heterocycles. The lowest BCUT2D eigenvalue weighted by Crippen LogP contribution is -2.35. The van der Waals surface area contributed by atoms with E-state index in [1.165, 1.54) is 11.3 Å². The van der Waals surface area contributed by atoms with Crippen molar-refractivity contribution in [3.8, 4) is 0 Å². The second-order valence-electron chi connectivity index (χ2n) is 6.66. The monoisotopic (exact) mass is 340 g/mol. The molecule has 0 radical (unpaired) electrons. The smallest absolute Gasteiger partial charge is 0.0476 e. The van der Waals surface area contributed by atoms with Gasteiger partial charge < -0.3 is 15.3 Å². The maximum absolute atomic E-state index is 9.23. The van der Waals surface area contributed by atoms with Gasteiger partial charge in [-0.2, -0.15) is 0 Å². The summed E-state index contributed by atoms with van der Waals surface area (Å²) in [4.78, 5) is 2.35. The van der Waals surface area contributed by atoms with Gasteiger partial charge in [-0.3, -0.25) is 0 Å². The molecule has 0 spiro atoms. The lowest BCUT2D eigenvalue weighted by Gasteiger charge is -2.22. The summed E-state index contributed by atoms with van der Waals surface area (Å²) in [6.45, 7) is 9.69. The van der Waals surface area contributed by atoms with Crippen LogP contribution >= 0.6 is 15.9 Å². The highest BCUT2D eigenvalue weighted by atomic mass is 79.9. The molecule has 1 unspecified atom stereocenters. The SMILES string of the molecule is CC(C)(C)NCc1ccc(N2CCC(CO)C2)cc1Br. The van der Waals surface area contributed by atoms with E-state index in [1.54, 1.807) is 0 Å². The number of hydrogen-bond donors (Lipinski definition) is 2. The molecule has 0 bridgehead atoms. The van der Waals surface area contributed by atoms with Crippen LogP contribution in [0, 0.1) is 5.92 Å². The van der Waals surface area contributed by atoms with Crippen molar-refractivity contribution in [3.63, 3.8) is 0 Å². The standard InChI is InChI=1S/C16H25BrN2O/c1-16(2,3)18-9-13-4-5-14(8-15(13)17)19-7-6-12(10-19)11-20/h4-5,8,12,18,20H,6-7,9-11H2,1-3H3. The highest BCUT2D eigenvalue weighted by Crippen LogP contribution is 2.28. The fourth-order valence-electron chi connectivity index (χ4n) is 2.45. The van der Waals surface area contributed by atoms with Gasteiger partial charge in [0, 0.05) is 47.9 Å². The summed E-state index contributed by atoms with van der Waals surface area (Å²) >= 11 is 3.68. The Balaban J connectivity index is 2.02. The summed E-state index contributed by atoms with van der Waals surface area (Å²) < 4.78 is 1.15. The van der Waals surface area contributed by atoms with E-state index >= 15 is 0 Å². The largest absolute Gasteiger partial charge is 0.396 e. The average molecular weight is 341 g/mol. The van der Waals surface area contributed by atoms with Crippen molar-refractivity contribution in [2.24, 2.45) is 5.92 Å². The van der Waals surface area contributed by atoms with Crippen molar-refractivity contribution in [2.45, 2.75) is 39.3 Å². The summed E-state index contributed by atoms with van der Waals surface area (Å²) in [6.07, 6.45) is 1.08. The fourth-order valence-corrected chi connectivity index (χ4v) is 2.96. The van der Waals surface area contributed by atoms with Crippen LogP contribution in [0.15, 0.2) is 22.7 Å². The van der Waals surface area contributed by atoms with Crippen molar-refractivity contribution in [2.75, 3.05) is 24.6 Å². The zero-order valence-electron chi connectivity index (χ0n) is 12.6. The first kappa shape index (κ1) is 15.8. The molecule has 2 rings (SSSR count). The molecule has 20 heavy (non-hydrogen) atoms. The molecule has 4 heteroatoms. The van der Waals surface area contributed by atoms with Crippen molar-refractivity contribution in [1.29, 1.82) is 0 Å². The molecule has 112 valence electrons. The van der Waals surface area contributed by atoms with Gasteiger partial charge in [-0.1, -0.05) is 22.0 Å². The minimum absolute atomic E-state index is 0.126. The van der Waals surface area contributed by atoms with Crippen molar-refractivity contribution in [1.82, 2.24) is 5.32 Å². The van der Waals surface area contributed by atoms with Crippen LogP contribution in [0.3, 0.4) is 0 Å². The van der Waals surface area contributed by atoms with Gasteiger partial charge in [-0.15, -0.1) is 0 Å². The predicted octanol–water partition coefficient (Wildman–Crippen LogP) is 3.16. The van der Waals surface area contributed by atoms with Crippen molar-refractivity contribution >= 4 is 21.6 Å². The molecule has 1 aliphatic heterocycles. The first-order valence-electron chi connectivity index (χ1n) is 7.28. The lowest BCUT2D eigenvalue weighted by atomic mass is 10.1. The van der Waals surface area contributed by atoms with Gasteiger partial charge in [0.25, 0.3) is 0 Å². The molecule has 0 aliphatic carbocycles. The Morgan fingerprint density at radius 1 is 1.40 bits per heavy atom. The second kappa shape index (κ2) is 6.46. The van der Waals surface area contributed by atoms with Crippen LogP contribution < -0.4 is 10.2 Å². The van der Waals surface area contributed by atoms with Gasteiger partial charge in [-0.25, -0.2) is 0 Å². The van der Waals surface area contributed by atoms with Gasteiger partial charge in [0.15, 0.2) is 0 Å². The molecule has 0 saturated carbocycles. The van der Waals surface area contributed by atoms with Gasteiger partial charge in [0.1, 0.15) is 0 Å². The van der Waals surface area contributed by atoms with Crippen LogP contribution in [0.25, 0.3) is 0 Å². The summed E-state index contributed by atoms with van der Waals surface area (Å²) in [7, 11) is 0. The van der Waals surface area contributed by atoms with E-state index in [2.05, 4.69) is 65.1 Å². The molecule has 0 amide bonds. The van der Waals surface area contributed by atoms with E-state index in [9.17, 15) is 5.11 Å². The number of nitrogens with one attached hydrogen (secondary N) is 1. The summed E-state index contributed by atoms with van der Waals surface area (Å²) in [5.41, 5.74) is 2.65. The molecule has 1 aliphatic rings. The third-order valence-electron chi connectivity index (χ3n) is 3.76. The van der Waals surface area contributed by atoms with Crippen LogP contribution in [-0.2, 0) is 6.54 Å². The van der Waals surface area contributed by atoms with E-state index in [4.69, 9.17) is 0 Å². The number of benzene rings is 1. The first-order valence-corrected chi connectivity index (χ1v) is 8.07. The molecule has 1 aromatic carbocycles. The Bertz CT molecular complexity index is 456. The molecule has 0 aromatic heterocycles. The topological polar surface area (TPSA) is 35.5 Å². The van der Waals surface area contributed by atoms with Gasteiger partial charge in [-0.05, 0) is 44.9 Å². The van der Waals surface area contributed by atoms with Crippen LogP contribution in [0.1, 0.15) is 32.8 Å². The van der Waals surface area contributed by atoms with Crippen LogP contribution in [0.2, 0.25) is 0 Å². The summed E-state index contributed by atoms with van der Waals surface area (Å²) in [5, 5.41) is 12.7.